The molecule has 0 saturated carbocycles. The standard InChI is InChI=1S/C9H9ClN2O3/c1-15-12-8(9(13)11-14)6-2-4-7(10)5-3-6/h2-5,8,12H,1H3. The number of nitrogens with one attached hydrogen (secondary N) is 1. The number of benzene rings is 1. The molecule has 1 aromatic carbocycles. The lowest BCUT2D eigenvalue weighted by atomic mass is 10.1. The minimum atomic E-state index is -0.898. The lowest BCUT2D eigenvalue weighted by Gasteiger charge is -2.12. The maximum atomic E-state index is 11.1. The Morgan fingerprint density at radius 2 is 2.07 bits per heavy atom. The molecular formula is C9H9ClN2O3. The summed E-state index contributed by atoms with van der Waals surface area (Å²) >= 11 is 5.69. The number of hydrogen-bond donors (Lipinski definition) is 1. The summed E-state index contributed by atoms with van der Waals surface area (Å²) in [6.07, 6.45) is 0. The Morgan fingerprint density at radius 3 is 2.53 bits per heavy atom. The molecule has 0 aliphatic rings. The number of nitrogens with zero attached hydrogens (tertiary/aromatic N) is 1. The summed E-state index contributed by atoms with van der Waals surface area (Å²) in [5, 5.41) is 2.88. The molecular weight excluding hydrogens is 220 g/mol. The van der Waals surface area contributed by atoms with Crippen LogP contribution in [0.25, 0.3) is 0 Å². The second-order valence-electron chi connectivity index (χ2n) is 2.74. The summed E-state index contributed by atoms with van der Waals surface area (Å²) in [7, 11) is 1.35. The van der Waals surface area contributed by atoms with Crippen LogP contribution in [0.2, 0.25) is 5.02 Å². The van der Waals surface area contributed by atoms with Gasteiger partial charge in [0.15, 0.2) is 0 Å². The van der Waals surface area contributed by atoms with Crippen LogP contribution in [-0.4, -0.2) is 13.0 Å². The maximum absolute atomic E-state index is 11.1. The Balaban J connectivity index is 2.93. The number of halogens is 1. The highest BCUT2D eigenvalue weighted by Crippen LogP contribution is 2.17. The largest absolute Gasteiger partial charge is 0.309 e. The van der Waals surface area contributed by atoms with Crippen LogP contribution in [0, 0.1) is 4.91 Å². The predicted octanol–water partition coefficient (Wildman–Crippen LogP) is 1.83. The highest BCUT2D eigenvalue weighted by molar-refractivity contribution is 6.30. The van der Waals surface area contributed by atoms with Gasteiger partial charge in [-0.1, -0.05) is 23.7 Å². The lowest BCUT2D eigenvalue weighted by Crippen LogP contribution is -2.26. The number of nitroso groups, excluding NO2 is 1. The van der Waals surface area contributed by atoms with Gasteiger partial charge in [-0.2, -0.15) is 5.48 Å². The van der Waals surface area contributed by atoms with Gasteiger partial charge in [0.2, 0.25) is 0 Å². The SMILES string of the molecule is CONC(C(=O)N=O)c1ccc(Cl)cc1. The van der Waals surface area contributed by atoms with Gasteiger partial charge in [0.05, 0.1) is 7.11 Å². The van der Waals surface area contributed by atoms with E-state index >= 15 is 0 Å². The highest BCUT2D eigenvalue weighted by Gasteiger charge is 2.20. The van der Waals surface area contributed by atoms with Crippen molar-refractivity contribution in [1.82, 2.24) is 5.48 Å². The van der Waals surface area contributed by atoms with Crippen molar-refractivity contribution in [2.24, 2.45) is 5.18 Å². The van der Waals surface area contributed by atoms with Crippen LogP contribution in [0.1, 0.15) is 11.6 Å². The number of hydrogen-bond acceptors (Lipinski definition) is 4. The molecule has 0 heterocycles. The van der Waals surface area contributed by atoms with Crippen LogP contribution in [-0.2, 0) is 9.63 Å². The van der Waals surface area contributed by atoms with Crippen molar-refractivity contribution in [3.05, 3.63) is 39.8 Å². The molecule has 0 spiro atoms. The zero-order chi connectivity index (χ0) is 11.3. The first-order valence-electron chi connectivity index (χ1n) is 4.10. The van der Waals surface area contributed by atoms with Gasteiger partial charge in [-0.05, 0) is 17.7 Å². The van der Waals surface area contributed by atoms with Gasteiger partial charge in [-0.3, -0.25) is 4.79 Å². The van der Waals surface area contributed by atoms with E-state index in [1.54, 1.807) is 24.3 Å². The topological polar surface area (TPSA) is 67.8 Å². The predicted molar refractivity (Wildman–Crippen MR) is 55.1 cm³/mol. The highest BCUT2D eigenvalue weighted by atomic mass is 35.5. The van der Waals surface area contributed by atoms with Gasteiger partial charge >= 0.3 is 5.91 Å². The minimum Gasteiger partial charge on any atom is -0.304 e. The van der Waals surface area contributed by atoms with Crippen LogP contribution in [0.3, 0.4) is 0 Å². The van der Waals surface area contributed by atoms with E-state index < -0.39 is 11.9 Å². The molecule has 1 amide bonds. The molecule has 0 aliphatic carbocycles. The van der Waals surface area contributed by atoms with E-state index in [9.17, 15) is 9.70 Å². The third kappa shape index (κ3) is 3.09. The lowest BCUT2D eigenvalue weighted by molar-refractivity contribution is -0.123. The molecule has 1 atom stereocenters. The average molecular weight is 229 g/mol. The molecule has 1 unspecified atom stereocenters. The number of rotatable bonds is 4. The van der Waals surface area contributed by atoms with Crippen molar-refractivity contribution in [3.8, 4) is 0 Å². The van der Waals surface area contributed by atoms with Gasteiger partial charge in [-0.25, -0.2) is 0 Å². The Hall–Kier alpha value is -1.30. The number of amides is 1. The van der Waals surface area contributed by atoms with Gasteiger partial charge < -0.3 is 4.84 Å². The van der Waals surface area contributed by atoms with E-state index in [1.165, 1.54) is 7.11 Å². The summed E-state index contributed by atoms with van der Waals surface area (Å²) < 4.78 is 0. The molecule has 0 bridgehead atoms. The van der Waals surface area contributed by atoms with Crippen molar-refractivity contribution in [3.63, 3.8) is 0 Å². The molecule has 6 heteroatoms. The molecule has 0 aliphatic heterocycles. The van der Waals surface area contributed by atoms with Crippen LogP contribution >= 0.6 is 11.6 Å². The van der Waals surface area contributed by atoms with E-state index in [4.69, 9.17) is 11.6 Å². The maximum Gasteiger partial charge on any atom is 0.309 e. The molecule has 1 aromatic rings. The number of carbonyl (C=O) groups is 1. The molecule has 1 rings (SSSR count). The fraction of sp³-hybridized carbons (Fsp3) is 0.222. The summed E-state index contributed by atoms with van der Waals surface area (Å²) in [4.78, 5) is 25.9. The Bertz CT molecular complexity index is 353. The molecule has 0 fully saturated rings. The second kappa shape index (κ2) is 5.55. The van der Waals surface area contributed by atoms with Crippen LogP contribution in [0.4, 0.5) is 0 Å². The molecule has 0 aromatic heterocycles. The van der Waals surface area contributed by atoms with Gasteiger partial charge in [0.25, 0.3) is 0 Å². The first-order valence-corrected chi connectivity index (χ1v) is 4.48. The quantitative estimate of drug-likeness (QED) is 0.631. The van der Waals surface area contributed by atoms with Crippen LogP contribution < -0.4 is 5.48 Å². The van der Waals surface area contributed by atoms with E-state index in [-0.39, 0.29) is 0 Å². The third-order valence-corrected chi connectivity index (χ3v) is 2.03. The molecule has 0 saturated heterocycles. The Kier molecular flexibility index (Phi) is 4.36. The smallest absolute Gasteiger partial charge is 0.304 e. The first-order chi connectivity index (χ1) is 7.19. The summed E-state index contributed by atoms with van der Waals surface area (Å²) in [6.45, 7) is 0. The fourth-order valence-electron chi connectivity index (χ4n) is 1.09. The fourth-order valence-corrected chi connectivity index (χ4v) is 1.21. The Morgan fingerprint density at radius 1 is 1.47 bits per heavy atom. The van der Waals surface area contributed by atoms with E-state index in [1.807, 2.05) is 0 Å². The monoisotopic (exact) mass is 228 g/mol. The molecule has 0 radical (unpaired) electrons. The second-order valence-corrected chi connectivity index (χ2v) is 3.17. The van der Waals surface area contributed by atoms with Crippen molar-refractivity contribution in [2.45, 2.75) is 6.04 Å². The number of hydroxylamine groups is 1. The van der Waals surface area contributed by atoms with Crippen molar-refractivity contribution < 1.29 is 9.63 Å². The molecule has 5 nitrogen and oxygen atoms in total. The van der Waals surface area contributed by atoms with Gasteiger partial charge in [-0.15, -0.1) is 4.91 Å². The average Bonchev–Trinajstić information content (AvgIpc) is 2.26. The Labute approximate surface area is 91.3 Å². The molecule has 15 heavy (non-hydrogen) atoms. The normalized spacial score (nSPS) is 12.1. The summed E-state index contributed by atoms with van der Waals surface area (Å²) in [5.41, 5.74) is 2.94. The van der Waals surface area contributed by atoms with E-state index in [0.717, 1.165) is 0 Å². The van der Waals surface area contributed by atoms with Gasteiger partial charge in [0, 0.05) is 10.2 Å². The van der Waals surface area contributed by atoms with Crippen molar-refractivity contribution >= 4 is 17.5 Å². The summed E-state index contributed by atoms with van der Waals surface area (Å²) in [5.74, 6) is -0.848. The van der Waals surface area contributed by atoms with Crippen LogP contribution in [0.5, 0.6) is 0 Å². The summed E-state index contributed by atoms with van der Waals surface area (Å²) in [6, 6.07) is 5.55. The van der Waals surface area contributed by atoms with Crippen molar-refractivity contribution in [1.29, 1.82) is 0 Å². The molecule has 1 N–H and O–H groups in total. The van der Waals surface area contributed by atoms with E-state index in [2.05, 4.69) is 15.5 Å². The zero-order valence-corrected chi connectivity index (χ0v) is 8.69. The third-order valence-electron chi connectivity index (χ3n) is 1.78. The molecule has 80 valence electrons. The van der Waals surface area contributed by atoms with Gasteiger partial charge in [0.1, 0.15) is 6.04 Å². The first kappa shape index (κ1) is 11.8. The van der Waals surface area contributed by atoms with Crippen molar-refractivity contribution in [2.75, 3.05) is 7.11 Å². The number of carbonyl (C=O) groups excluding carboxylic acids is 1. The van der Waals surface area contributed by atoms with E-state index in [0.29, 0.717) is 10.6 Å². The zero-order valence-electron chi connectivity index (χ0n) is 7.94. The minimum absolute atomic E-state index is 0.543. The van der Waals surface area contributed by atoms with Crippen LogP contribution in [0.15, 0.2) is 29.4 Å².